The largest absolute Gasteiger partial charge is 0.381 e. The van der Waals surface area contributed by atoms with Crippen molar-refractivity contribution in [2.75, 3.05) is 19.8 Å². The van der Waals surface area contributed by atoms with Crippen molar-refractivity contribution in [2.24, 2.45) is 5.92 Å². The van der Waals surface area contributed by atoms with Crippen molar-refractivity contribution in [1.82, 2.24) is 15.5 Å². The zero-order chi connectivity index (χ0) is 13.1. The maximum Gasteiger partial charge on any atom is 0.251 e. The summed E-state index contributed by atoms with van der Waals surface area (Å²) in [6.07, 6.45) is 3.96. The van der Waals surface area contributed by atoms with Crippen molar-refractivity contribution in [3.63, 3.8) is 0 Å². The van der Waals surface area contributed by atoms with Gasteiger partial charge in [-0.1, -0.05) is 6.07 Å². The number of fused-ring (bicyclic) bond motifs is 1. The van der Waals surface area contributed by atoms with Gasteiger partial charge in [0.2, 0.25) is 0 Å². The van der Waals surface area contributed by atoms with Crippen LogP contribution in [0.4, 0.5) is 0 Å². The number of nitrogens with zero attached hydrogens (tertiary/aromatic N) is 1. The Balaban J connectivity index is 1.62. The Kier molecular flexibility index (Phi) is 3.46. The van der Waals surface area contributed by atoms with Gasteiger partial charge in [-0.2, -0.15) is 5.10 Å². The van der Waals surface area contributed by atoms with Crippen LogP contribution >= 0.6 is 0 Å². The summed E-state index contributed by atoms with van der Waals surface area (Å²) in [6, 6.07) is 5.55. The normalized spacial score (nSPS) is 19.5. The number of benzene rings is 1. The van der Waals surface area contributed by atoms with Gasteiger partial charge >= 0.3 is 0 Å². The molecular weight excluding hydrogens is 242 g/mol. The minimum absolute atomic E-state index is 0.0397. The van der Waals surface area contributed by atoms with Crippen molar-refractivity contribution in [3.8, 4) is 0 Å². The third kappa shape index (κ3) is 2.76. The molecule has 1 amide bonds. The van der Waals surface area contributed by atoms with Gasteiger partial charge < -0.3 is 10.1 Å². The fourth-order valence-corrected chi connectivity index (χ4v) is 2.39. The number of carbonyl (C=O) groups excluding carboxylic acids is 1. The Morgan fingerprint density at radius 2 is 2.47 bits per heavy atom. The van der Waals surface area contributed by atoms with Crippen LogP contribution in [0.1, 0.15) is 23.2 Å². The zero-order valence-corrected chi connectivity index (χ0v) is 10.7. The Morgan fingerprint density at radius 1 is 1.53 bits per heavy atom. The molecule has 5 nitrogen and oxygen atoms in total. The quantitative estimate of drug-likeness (QED) is 0.882. The van der Waals surface area contributed by atoms with E-state index in [0.717, 1.165) is 37.0 Å². The average Bonchev–Trinajstić information content (AvgIpc) is 2.93. The predicted molar refractivity (Wildman–Crippen MR) is 72.0 cm³/mol. The highest BCUT2D eigenvalue weighted by molar-refractivity contribution is 5.97. The van der Waals surface area contributed by atoms with Gasteiger partial charge in [-0.15, -0.1) is 0 Å². The summed E-state index contributed by atoms with van der Waals surface area (Å²) in [7, 11) is 0. The van der Waals surface area contributed by atoms with E-state index >= 15 is 0 Å². The second-order valence-electron chi connectivity index (χ2n) is 4.97. The molecule has 1 aromatic heterocycles. The number of H-pyrrole nitrogens is 1. The monoisotopic (exact) mass is 259 g/mol. The maximum absolute atomic E-state index is 12.1. The molecule has 1 saturated heterocycles. The second-order valence-corrected chi connectivity index (χ2v) is 4.97. The molecular formula is C14H17N3O2. The number of nitrogens with one attached hydrogen (secondary N) is 2. The summed E-state index contributed by atoms with van der Waals surface area (Å²) in [5.41, 5.74) is 1.54. The first-order chi connectivity index (χ1) is 9.33. The summed E-state index contributed by atoms with van der Waals surface area (Å²) in [6.45, 7) is 2.28. The molecule has 5 heteroatoms. The van der Waals surface area contributed by atoms with E-state index in [4.69, 9.17) is 4.74 Å². The Labute approximate surface area is 111 Å². The molecule has 1 fully saturated rings. The standard InChI is InChI=1S/C14H17N3O2/c18-14(15-7-10-2-1-5-19-9-10)11-3-4-12-8-16-17-13(12)6-11/h3-4,6,8,10H,1-2,5,7,9H2,(H,15,18)(H,16,17). The van der Waals surface area contributed by atoms with Crippen LogP contribution in [0.3, 0.4) is 0 Å². The highest BCUT2D eigenvalue weighted by atomic mass is 16.5. The molecule has 1 atom stereocenters. The molecule has 2 heterocycles. The van der Waals surface area contributed by atoms with Gasteiger partial charge in [0.1, 0.15) is 0 Å². The molecule has 100 valence electrons. The van der Waals surface area contributed by atoms with Gasteiger partial charge in [0.15, 0.2) is 0 Å². The number of aromatic amines is 1. The lowest BCUT2D eigenvalue weighted by molar-refractivity contribution is 0.0536. The Morgan fingerprint density at radius 3 is 3.32 bits per heavy atom. The van der Waals surface area contributed by atoms with Crippen molar-refractivity contribution in [1.29, 1.82) is 0 Å². The highest BCUT2D eigenvalue weighted by Gasteiger charge is 2.15. The van der Waals surface area contributed by atoms with Crippen LogP contribution in [0.25, 0.3) is 10.9 Å². The molecule has 2 aromatic rings. The van der Waals surface area contributed by atoms with Gasteiger partial charge in [-0.05, 0) is 30.9 Å². The molecule has 1 unspecified atom stereocenters. The van der Waals surface area contributed by atoms with E-state index in [9.17, 15) is 4.79 Å². The second kappa shape index (κ2) is 5.40. The van der Waals surface area contributed by atoms with E-state index in [0.29, 0.717) is 18.0 Å². The summed E-state index contributed by atoms with van der Waals surface area (Å²) in [4.78, 5) is 12.1. The molecule has 19 heavy (non-hydrogen) atoms. The van der Waals surface area contributed by atoms with Crippen LogP contribution in [0.5, 0.6) is 0 Å². The lowest BCUT2D eigenvalue weighted by atomic mass is 10.0. The molecule has 1 aliphatic heterocycles. The minimum Gasteiger partial charge on any atom is -0.381 e. The van der Waals surface area contributed by atoms with Crippen molar-refractivity contribution < 1.29 is 9.53 Å². The van der Waals surface area contributed by atoms with Crippen LogP contribution in [0.15, 0.2) is 24.4 Å². The van der Waals surface area contributed by atoms with Gasteiger partial charge in [0.25, 0.3) is 5.91 Å². The van der Waals surface area contributed by atoms with Gasteiger partial charge in [0.05, 0.1) is 18.3 Å². The van der Waals surface area contributed by atoms with E-state index in [1.54, 1.807) is 6.20 Å². The molecule has 1 aromatic carbocycles. The molecule has 0 bridgehead atoms. The van der Waals surface area contributed by atoms with Crippen LogP contribution < -0.4 is 5.32 Å². The van der Waals surface area contributed by atoms with E-state index in [1.165, 1.54) is 0 Å². The number of hydrogen-bond acceptors (Lipinski definition) is 3. The molecule has 0 aliphatic carbocycles. The first kappa shape index (κ1) is 12.2. The molecule has 0 radical (unpaired) electrons. The van der Waals surface area contributed by atoms with Gasteiger partial charge in [-0.3, -0.25) is 9.89 Å². The van der Waals surface area contributed by atoms with Crippen LogP contribution in [0, 0.1) is 5.92 Å². The van der Waals surface area contributed by atoms with E-state index in [-0.39, 0.29) is 5.91 Å². The van der Waals surface area contributed by atoms with Gasteiger partial charge in [-0.25, -0.2) is 0 Å². The molecule has 1 aliphatic rings. The molecule has 0 saturated carbocycles. The predicted octanol–water partition coefficient (Wildman–Crippen LogP) is 1.72. The first-order valence-corrected chi connectivity index (χ1v) is 6.62. The molecule has 3 rings (SSSR count). The number of carbonyl (C=O) groups is 1. The van der Waals surface area contributed by atoms with E-state index in [1.807, 2.05) is 18.2 Å². The first-order valence-electron chi connectivity index (χ1n) is 6.62. The topological polar surface area (TPSA) is 67.0 Å². The van der Waals surface area contributed by atoms with Crippen LogP contribution in [-0.2, 0) is 4.74 Å². The number of amides is 1. The van der Waals surface area contributed by atoms with Crippen LogP contribution in [0.2, 0.25) is 0 Å². The Hall–Kier alpha value is -1.88. The number of aromatic nitrogens is 2. The zero-order valence-electron chi connectivity index (χ0n) is 10.7. The lowest BCUT2D eigenvalue weighted by Gasteiger charge is -2.22. The third-order valence-corrected chi connectivity index (χ3v) is 3.51. The number of ether oxygens (including phenoxy) is 1. The molecule has 2 N–H and O–H groups in total. The highest BCUT2D eigenvalue weighted by Crippen LogP contribution is 2.14. The fourth-order valence-electron chi connectivity index (χ4n) is 2.39. The van der Waals surface area contributed by atoms with E-state index in [2.05, 4.69) is 15.5 Å². The summed E-state index contributed by atoms with van der Waals surface area (Å²) < 4.78 is 5.40. The number of hydrogen-bond donors (Lipinski definition) is 2. The average molecular weight is 259 g/mol. The SMILES string of the molecule is O=C(NCC1CCCOC1)c1ccc2cn[nH]c2c1. The fraction of sp³-hybridized carbons (Fsp3) is 0.429. The van der Waals surface area contributed by atoms with Gasteiger partial charge in [0, 0.05) is 24.1 Å². The Bertz CT molecular complexity index is 573. The van der Waals surface area contributed by atoms with Crippen LogP contribution in [-0.4, -0.2) is 35.9 Å². The van der Waals surface area contributed by atoms with Crippen molar-refractivity contribution in [3.05, 3.63) is 30.0 Å². The molecule has 0 spiro atoms. The van der Waals surface area contributed by atoms with Crippen molar-refractivity contribution >= 4 is 16.8 Å². The number of rotatable bonds is 3. The lowest BCUT2D eigenvalue weighted by Crippen LogP contribution is -2.33. The van der Waals surface area contributed by atoms with Crippen molar-refractivity contribution in [2.45, 2.75) is 12.8 Å². The van der Waals surface area contributed by atoms with E-state index < -0.39 is 0 Å². The minimum atomic E-state index is -0.0397. The maximum atomic E-state index is 12.1. The smallest absolute Gasteiger partial charge is 0.251 e. The summed E-state index contributed by atoms with van der Waals surface area (Å²) >= 11 is 0. The summed E-state index contributed by atoms with van der Waals surface area (Å²) in [5, 5.41) is 10.8. The summed E-state index contributed by atoms with van der Waals surface area (Å²) in [5.74, 6) is 0.399. The third-order valence-electron chi connectivity index (χ3n) is 3.51.